The molecule has 2 rings (SSSR count). The molecule has 0 spiro atoms. The lowest BCUT2D eigenvalue weighted by Gasteiger charge is -2.12. The molecular formula is C19H24N2O5S. The van der Waals surface area contributed by atoms with E-state index in [1.807, 2.05) is 13.8 Å². The Balaban J connectivity index is 2.04. The Morgan fingerprint density at radius 2 is 1.67 bits per heavy atom. The molecule has 0 fully saturated rings. The standard InChI is InChI=1S/C19H24N2O5S/c1-14(2)26-17-8-6-16(7-9-17)21-27(23,24)18-10-4-15(5-11-18)19(22)20-12-13-25-3/h4-11,14,21H,12-13H2,1-3H3,(H,20,22). The minimum atomic E-state index is -3.76. The van der Waals surface area contributed by atoms with Gasteiger partial charge >= 0.3 is 0 Å². The van der Waals surface area contributed by atoms with Crippen LogP contribution in [-0.4, -0.2) is 40.7 Å². The van der Waals surface area contributed by atoms with E-state index in [1.165, 1.54) is 24.3 Å². The zero-order valence-corrected chi connectivity index (χ0v) is 16.4. The Kier molecular flexibility index (Phi) is 7.20. The van der Waals surface area contributed by atoms with Gasteiger partial charge in [0.25, 0.3) is 15.9 Å². The SMILES string of the molecule is COCCNC(=O)c1ccc(S(=O)(=O)Nc2ccc(OC(C)C)cc2)cc1. The zero-order valence-electron chi connectivity index (χ0n) is 15.6. The van der Waals surface area contributed by atoms with Crippen molar-refractivity contribution in [3.63, 3.8) is 0 Å². The van der Waals surface area contributed by atoms with Crippen molar-refractivity contribution in [3.8, 4) is 5.75 Å². The van der Waals surface area contributed by atoms with Gasteiger partial charge in [-0.15, -0.1) is 0 Å². The van der Waals surface area contributed by atoms with E-state index >= 15 is 0 Å². The molecule has 2 aromatic carbocycles. The predicted molar refractivity (Wildman–Crippen MR) is 104 cm³/mol. The highest BCUT2D eigenvalue weighted by Gasteiger charge is 2.15. The maximum absolute atomic E-state index is 12.5. The lowest BCUT2D eigenvalue weighted by molar-refractivity contribution is 0.0937. The van der Waals surface area contributed by atoms with E-state index in [0.717, 1.165) is 0 Å². The quantitative estimate of drug-likeness (QED) is 0.640. The van der Waals surface area contributed by atoms with Gasteiger partial charge in [0, 0.05) is 24.9 Å². The fourth-order valence-electron chi connectivity index (χ4n) is 2.24. The van der Waals surface area contributed by atoms with Gasteiger partial charge in [-0.05, 0) is 62.4 Å². The first-order valence-corrected chi connectivity index (χ1v) is 9.97. The van der Waals surface area contributed by atoms with Crippen LogP contribution < -0.4 is 14.8 Å². The molecule has 0 aliphatic rings. The Labute approximate surface area is 159 Å². The second-order valence-electron chi connectivity index (χ2n) is 6.07. The van der Waals surface area contributed by atoms with Gasteiger partial charge in [-0.3, -0.25) is 9.52 Å². The first-order valence-electron chi connectivity index (χ1n) is 8.48. The second kappa shape index (κ2) is 9.38. The minimum Gasteiger partial charge on any atom is -0.491 e. The molecule has 0 aliphatic heterocycles. The lowest BCUT2D eigenvalue weighted by Crippen LogP contribution is -2.26. The molecule has 27 heavy (non-hydrogen) atoms. The van der Waals surface area contributed by atoms with E-state index < -0.39 is 10.0 Å². The largest absolute Gasteiger partial charge is 0.491 e. The van der Waals surface area contributed by atoms with E-state index in [9.17, 15) is 13.2 Å². The van der Waals surface area contributed by atoms with Crippen LogP contribution in [0.4, 0.5) is 5.69 Å². The van der Waals surface area contributed by atoms with Gasteiger partial charge in [-0.25, -0.2) is 8.42 Å². The van der Waals surface area contributed by atoms with Crippen LogP contribution in [0.2, 0.25) is 0 Å². The third kappa shape index (κ3) is 6.26. The summed E-state index contributed by atoms with van der Waals surface area (Å²) >= 11 is 0. The van der Waals surface area contributed by atoms with Crippen LogP contribution in [0.1, 0.15) is 24.2 Å². The van der Waals surface area contributed by atoms with Crippen LogP contribution in [0.3, 0.4) is 0 Å². The van der Waals surface area contributed by atoms with Crippen LogP contribution in [0, 0.1) is 0 Å². The third-order valence-corrected chi connectivity index (χ3v) is 4.89. The summed E-state index contributed by atoms with van der Waals surface area (Å²) in [6.45, 7) is 4.62. The predicted octanol–water partition coefficient (Wildman–Crippen LogP) is 2.65. The molecule has 0 aliphatic carbocycles. The third-order valence-electron chi connectivity index (χ3n) is 3.50. The monoisotopic (exact) mass is 392 g/mol. The van der Waals surface area contributed by atoms with Gasteiger partial charge in [0.2, 0.25) is 0 Å². The molecule has 1 amide bonds. The van der Waals surface area contributed by atoms with Crippen LogP contribution in [-0.2, 0) is 14.8 Å². The first kappa shape index (κ1) is 20.7. The highest BCUT2D eigenvalue weighted by Crippen LogP contribution is 2.20. The second-order valence-corrected chi connectivity index (χ2v) is 7.75. The van der Waals surface area contributed by atoms with Gasteiger partial charge in [0.05, 0.1) is 17.6 Å². The number of anilines is 1. The molecule has 0 heterocycles. The number of nitrogens with one attached hydrogen (secondary N) is 2. The van der Waals surface area contributed by atoms with E-state index in [-0.39, 0.29) is 16.9 Å². The molecule has 0 unspecified atom stereocenters. The number of hydrogen-bond acceptors (Lipinski definition) is 5. The summed E-state index contributed by atoms with van der Waals surface area (Å²) in [5.41, 5.74) is 0.799. The number of methoxy groups -OCH3 is 1. The van der Waals surface area contributed by atoms with Crippen molar-refractivity contribution < 1.29 is 22.7 Å². The van der Waals surface area contributed by atoms with Gasteiger partial charge < -0.3 is 14.8 Å². The van der Waals surface area contributed by atoms with Crippen LogP contribution in [0.15, 0.2) is 53.4 Å². The minimum absolute atomic E-state index is 0.0396. The fourth-order valence-corrected chi connectivity index (χ4v) is 3.30. The molecule has 146 valence electrons. The molecule has 0 saturated carbocycles. The molecule has 2 N–H and O–H groups in total. The number of carbonyl (C=O) groups is 1. The number of amides is 1. The van der Waals surface area contributed by atoms with Crippen molar-refractivity contribution in [1.29, 1.82) is 0 Å². The molecular weight excluding hydrogens is 368 g/mol. The van der Waals surface area contributed by atoms with Crippen molar-refractivity contribution in [2.75, 3.05) is 25.0 Å². The summed E-state index contributed by atoms with van der Waals surface area (Å²) in [5.74, 6) is 0.376. The number of hydrogen-bond donors (Lipinski definition) is 2. The molecule has 0 aromatic heterocycles. The van der Waals surface area contributed by atoms with Crippen LogP contribution >= 0.6 is 0 Å². The molecule has 0 atom stereocenters. The molecule has 7 nitrogen and oxygen atoms in total. The van der Waals surface area contributed by atoms with E-state index in [1.54, 1.807) is 31.4 Å². The summed E-state index contributed by atoms with van der Waals surface area (Å²) in [6, 6.07) is 12.4. The Bertz CT molecular complexity index is 847. The van der Waals surface area contributed by atoms with E-state index in [0.29, 0.717) is 30.2 Å². The van der Waals surface area contributed by atoms with Crippen molar-refractivity contribution in [3.05, 3.63) is 54.1 Å². The van der Waals surface area contributed by atoms with Crippen molar-refractivity contribution in [2.24, 2.45) is 0 Å². The zero-order chi connectivity index (χ0) is 19.9. The maximum Gasteiger partial charge on any atom is 0.261 e. The molecule has 0 bridgehead atoms. The summed E-state index contributed by atoms with van der Waals surface area (Å²) < 4.78 is 37.9. The number of sulfonamides is 1. The first-order chi connectivity index (χ1) is 12.8. The summed E-state index contributed by atoms with van der Waals surface area (Å²) in [7, 11) is -2.21. The smallest absolute Gasteiger partial charge is 0.261 e. The molecule has 2 aromatic rings. The Morgan fingerprint density at radius 3 is 2.22 bits per heavy atom. The number of carbonyl (C=O) groups excluding carboxylic acids is 1. The van der Waals surface area contributed by atoms with Crippen molar-refractivity contribution >= 4 is 21.6 Å². The highest BCUT2D eigenvalue weighted by atomic mass is 32.2. The molecule has 0 radical (unpaired) electrons. The van der Waals surface area contributed by atoms with Gasteiger partial charge in [-0.1, -0.05) is 0 Å². The van der Waals surface area contributed by atoms with E-state index in [2.05, 4.69) is 10.0 Å². The van der Waals surface area contributed by atoms with E-state index in [4.69, 9.17) is 9.47 Å². The fraction of sp³-hybridized carbons (Fsp3) is 0.316. The van der Waals surface area contributed by atoms with Crippen LogP contribution in [0.5, 0.6) is 5.75 Å². The van der Waals surface area contributed by atoms with Gasteiger partial charge in [0.15, 0.2) is 0 Å². The lowest BCUT2D eigenvalue weighted by atomic mass is 10.2. The normalized spacial score (nSPS) is 11.3. The molecule has 0 saturated heterocycles. The highest BCUT2D eigenvalue weighted by molar-refractivity contribution is 7.92. The molecule has 8 heteroatoms. The van der Waals surface area contributed by atoms with Gasteiger partial charge in [0.1, 0.15) is 5.75 Å². The average molecular weight is 392 g/mol. The van der Waals surface area contributed by atoms with Gasteiger partial charge in [-0.2, -0.15) is 0 Å². The Morgan fingerprint density at radius 1 is 1.04 bits per heavy atom. The summed E-state index contributed by atoms with van der Waals surface area (Å²) in [6.07, 6.45) is 0.0396. The maximum atomic E-state index is 12.5. The summed E-state index contributed by atoms with van der Waals surface area (Å²) in [5, 5.41) is 2.68. The number of ether oxygens (including phenoxy) is 2. The number of benzene rings is 2. The Hall–Kier alpha value is -2.58. The summed E-state index contributed by atoms with van der Waals surface area (Å²) in [4.78, 5) is 12.0. The average Bonchev–Trinajstić information content (AvgIpc) is 2.63. The van der Waals surface area contributed by atoms with Crippen molar-refractivity contribution in [2.45, 2.75) is 24.8 Å². The van der Waals surface area contributed by atoms with Crippen LogP contribution in [0.25, 0.3) is 0 Å². The van der Waals surface area contributed by atoms with Crippen molar-refractivity contribution in [1.82, 2.24) is 5.32 Å². The topological polar surface area (TPSA) is 93.7 Å². The number of rotatable bonds is 9.